The van der Waals surface area contributed by atoms with Crippen LogP contribution in [0.4, 0.5) is 0 Å². The first-order chi connectivity index (χ1) is 19.5. The van der Waals surface area contributed by atoms with Crippen molar-refractivity contribution in [3.63, 3.8) is 0 Å². The smallest absolute Gasteiger partial charge is 0.326 e. The van der Waals surface area contributed by atoms with Crippen molar-refractivity contribution in [2.45, 2.75) is 49.9 Å². The van der Waals surface area contributed by atoms with Gasteiger partial charge in [-0.2, -0.15) is 0 Å². The Balaban J connectivity index is 2.10. The number of nitrogens with two attached hydrogens (primary N) is 3. The fourth-order valence-electron chi connectivity index (χ4n) is 3.82. The highest BCUT2D eigenvalue weighted by atomic mass is 16.4. The normalized spacial score (nSPS) is 13.6. The van der Waals surface area contributed by atoms with Gasteiger partial charge in [0.1, 0.15) is 23.9 Å². The minimum Gasteiger partial charge on any atom is -0.508 e. The first kappa shape index (κ1) is 32.5. The average Bonchev–Trinajstić information content (AvgIpc) is 2.94. The van der Waals surface area contributed by atoms with Gasteiger partial charge in [-0.25, -0.2) is 4.79 Å². The number of hydrogen-bond donors (Lipinski definition) is 9. The number of hydrogen-bond acceptors (Lipinski definition) is 8. The van der Waals surface area contributed by atoms with E-state index in [0.717, 1.165) is 5.56 Å². The van der Waals surface area contributed by atoms with E-state index in [4.69, 9.17) is 17.2 Å². The Morgan fingerprint density at radius 2 is 1.34 bits per heavy atom. The summed E-state index contributed by atoms with van der Waals surface area (Å²) >= 11 is 0. The Morgan fingerprint density at radius 1 is 0.780 bits per heavy atom. The zero-order chi connectivity index (χ0) is 30.4. The molecule has 0 aromatic heterocycles. The molecule has 0 bridgehead atoms. The van der Waals surface area contributed by atoms with Crippen LogP contribution in [0.5, 0.6) is 5.75 Å². The minimum atomic E-state index is -1.43. The molecule has 0 fully saturated rings. The van der Waals surface area contributed by atoms with Crippen molar-refractivity contribution in [3.05, 3.63) is 65.7 Å². The number of amides is 3. The van der Waals surface area contributed by atoms with E-state index in [1.807, 2.05) is 6.07 Å². The van der Waals surface area contributed by atoms with Gasteiger partial charge < -0.3 is 48.5 Å². The van der Waals surface area contributed by atoms with Crippen LogP contribution in [0.1, 0.15) is 24.0 Å². The molecule has 2 rings (SSSR count). The Kier molecular flexibility index (Phi) is 13.0. The number of aliphatic imine (C=N–C) groups is 1. The maximum atomic E-state index is 13.1. The second-order valence-electron chi connectivity index (χ2n) is 9.32. The molecule has 0 spiro atoms. The molecule has 14 nitrogen and oxygen atoms in total. The van der Waals surface area contributed by atoms with Gasteiger partial charge in [-0.1, -0.05) is 42.5 Å². The van der Waals surface area contributed by atoms with E-state index < -0.39 is 54.5 Å². The number of carbonyl (C=O) groups excluding carboxylic acids is 3. The van der Waals surface area contributed by atoms with Crippen molar-refractivity contribution in [2.75, 3.05) is 13.2 Å². The molecule has 12 N–H and O–H groups in total. The van der Waals surface area contributed by atoms with Gasteiger partial charge in [0.2, 0.25) is 17.7 Å². The summed E-state index contributed by atoms with van der Waals surface area (Å²) in [4.78, 5) is 54.4. The number of nitrogens with zero attached hydrogens (tertiary/aromatic N) is 1. The zero-order valence-electron chi connectivity index (χ0n) is 22.4. The van der Waals surface area contributed by atoms with Gasteiger partial charge in [-0.3, -0.25) is 19.4 Å². The highest BCUT2D eigenvalue weighted by Crippen LogP contribution is 2.12. The first-order valence-corrected chi connectivity index (χ1v) is 12.9. The van der Waals surface area contributed by atoms with Gasteiger partial charge in [-0.15, -0.1) is 0 Å². The van der Waals surface area contributed by atoms with Crippen LogP contribution >= 0.6 is 0 Å². The molecule has 4 atom stereocenters. The SMILES string of the molecule is NC(N)=NCCCC(NC(=O)C(CO)NC(=O)C(N)Cc1ccccc1)C(=O)NC(Cc1ccc(O)cc1)C(=O)O. The number of benzene rings is 2. The number of aliphatic hydroxyl groups excluding tert-OH is 1. The molecule has 2 aromatic carbocycles. The van der Waals surface area contributed by atoms with Crippen LogP contribution in [0.2, 0.25) is 0 Å². The van der Waals surface area contributed by atoms with Crippen LogP contribution in [0.15, 0.2) is 59.6 Å². The molecule has 222 valence electrons. The van der Waals surface area contributed by atoms with E-state index in [2.05, 4.69) is 20.9 Å². The van der Waals surface area contributed by atoms with Gasteiger partial charge in [0.15, 0.2) is 5.96 Å². The third kappa shape index (κ3) is 11.5. The minimum absolute atomic E-state index is 0.000220. The molecule has 0 aliphatic carbocycles. The topological polar surface area (TPSA) is 255 Å². The number of guanidine groups is 1. The van der Waals surface area contributed by atoms with Crippen molar-refractivity contribution in [2.24, 2.45) is 22.2 Å². The number of carboxylic acid groups (broad SMARTS) is 1. The predicted molar refractivity (Wildman–Crippen MR) is 150 cm³/mol. The monoisotopic (exact) mass is 571 g/mol. The van der Waals surface area contributed by atoms with Gasteiger partial charge in [-0.05, 0) is 42.5 Å². The standard InChI is InChI=1S/C27H37N7O7/c28-19(13-16-5-2-1-3-6-16)23(37)34-22(15-35)25(39)32-20(7-4-12-31-27(29)30)24(38)33-21(26(40)41)14-17-8-10-18(36)11-9-17/h1-3,5-6,8-11,19-22,35-36H,4,7,12-15,28H2,(H,32,39)(H,33,38)(H,34,37)(H,40,41)(H4,29,30,31). The van der Waals surface area contributed by atoms with Crippen LogP contribution in [-0.2, 0) is 32.0 Å². The van der Waals surface area contributed by atoms with Crippen molar-refractivity contribution in [1.29, 1.82) is 0 Å². The van der Waals surface area contributed by atoms with Crippen molar-refractivity contribution >= 4 is 29.7 Å². The van der Waals surface area contributed by atoms with Crippen molar-refractivity contribution in [1.82, 2.24) is 16.0 Å². The molecule has 14 heteroatoms. The summed E-state index contributed by atoms with van der Waals surface area (Å²) < 4.78 is 0. The number of rotatable bonds is 16. The van der Waals surface area contributed by atoms with Crippen molar-refractivity contribution in [3.8, 4) is 5.75 Å². The highest BCUT2D eigenvalue weighted by molar-refractivity contribution is 5.94. The molecule has 0 aliphatic heterocycles. The lowest BCUT2D eigenvalue weighted by Crippen LogP contribution is -2.58. The number of phenolic OH excluding ortho intramolecular Hbond substituents is 1. The third-order valence-electron chi connectivity index (χ3n) is 6.02. The van der Waals surface area contributed by atoms with Crippen LogP contribution in [0.25, 0.3) is 0 Å². The largest absolute Gasteiger partial charge is 0.508 e. The second-order valence-corrected chi connectivity index (χ2v) is 9.32. The molecule has 41 heavy (non-hydrogen) atoms. The van der Waals surface area contributed by atoms with Gasteiger partial charge in [0, 0.05) is 13.0 Å². The van der Waals surface area contributed by atoms with E-state index >= 15 is 0 Å². The summed E-state index contributed by atoms with van der Waals surface area (Å²) in [5.41, 5.74) is 18.0. The Morgan fingerprint density at radius 3 is 1.93 bits per heavy atom. The lowest BCUT2D eigenvalue weighted by atomic mass is 10.0. The number of aromatic hydroxyl groups is 1. The molecule has 0 heterocycles. The molecule has 0 saturated carbocycles. The molecule has 2 aromatic rings. The number of aliphatic hydroxyl groups is 1. The van der Waals surface area contributed by atoms with Crippen molar-refractivity contribution < 1.29 is 34.5 Å². The molecular weight excluding hydrogens is 534 g/mol. The fourth-order valence-corrected chi connectivity index (χ4v) is 3.82. The van der Waals surface area contributed by atoms with Crippen LogP contribution in [0.3, 0.4) is 0 Å². The fraction of sp³-hybridized carbons (Fsp3) is 0.370. The second kappa shape index (κ2) is 16.4. The number of nitrogens with one attached hydrogen (secondary N) is 3. The number of carboxylic acids is 1. The number of carbonyl (C=O) groups is 4. The maximum absolute atomic E-state index is 13.1. The Hall–Kier alpha value is -4.69. The van der Waals surface area contributed by atoms with Gasteiger partial charge in [0.05, 0.1) is 12.6 Å². The van der Waals surface area contributed by atoms with E-state index in [1.54, 1.807) is 24.3 Å². The summed E-state index contributed by atoms with van der Waals surface area (Å²) in [6, 6.07) is 9.76. The molecule has 3 amide bonds. The number of phenols is 1. The first-order valence-electron chi connectivity index (χ1n) is 12.9. The quantitative estimate of drug-likeness (QED) is 0.0613. The summed E-state index contributed by atoms with van der Waals surface area (Å²) in [5, 5.41) is 36.2. The lowest BCUT2D eigenvalue weighted by Gasteiger charge is -2.24. The predicted octanol–water partition coefficient (Wildman–Crippen LogP) is -1.91. The lowest BCUT2D eigenvalue weighted by molar-refractivity contribution is -0.142. The molecule has 0 saturated heterocycles. The Labute approximate surface area is 237 Å². The maximum Gasteiger partial charge on any atom is 0.326 e. The third-order valence-corrected chi connectivity index (χ3v) is 6.02. The van der Waals surface area contributed by atoms with Crippen LogP contribution in [-0.4, -0.2) is 82.3 Å². The summed E-state index contributed by atoms with van der Waals surface area (Å²) in [6.07, 6.45) is 0.355. The Bertz CT molecular complexity index is 1190. The van der Waals surface area contributed by atoms with Crippen LogP contribution in [0, 0.1) is 0 Å². The van der Waals surface area contributed by atoms with Crippen LogP contribution < -0.4 is 33.2 Å². The summed E-state index contributed by atoms with van der Waals surface area (Å²) in [5.74, 6) is -3.84. The summed E-state index contributed by atoms with van der Waals surface area (Å²) in [7, 11) is 0. The summed E-state index contributed by atoms with van der Waals surface area (Å²) in [6.45, 7) is -0.650. The van der Waals surface area contributed by atoms with E-state index in [-0.39, 0.29) is 43.9 Å². The molecular formula is C27H37N7O7. The molecule has 4 unspecified atom stereocenters. The average molecular weight is 572 g/mol. The van der Waals surface area contributed by atoms with E-state index in [9.17, 15) is 34.5 Å². The molecule has 0 radical (unpaired) electrons. The number of aliphatic carboxylic acids is 1. The molecule has 0 aliphatic rings. The van der Waals surface area contributed by atoms with Gasteiger partial charge in [0.25, 0.3) is 0 Å². The zero-order valence-corrected chi connectivity index (χ0v) is 22.4. The highest BCUT2D eigenvalue weighted by Gasteiger charge is 2.30. The van der Waals surface area contributed by atoms with Gasteiger partial charge >= 0.3 is 5.97 Å². The van der Waals surface area contributed by atoms with E-state index in [1.165, 1.54) is 24.3 Å². The van der Waals surface area contributed by atoms with E-state index in [0.29, 0.717) is 5.56 Å².